The number of nitro groups is 1. The summed E-state index contributed by atoms with van der Waals surface area (Å²) in [6.07, 6.45) is 0. The quantitative estimate of drug-likeness (QED) is 0.623. The Morgan fingerprint density at radius 1 is 1.25 bits per heavy atom. The molecule has 0 N–H and O–H groups in total. The highest BCUT2D eigenvalue weighted by atomic mass is 32.2. The fourth-order valence-corrected chi connectivity index (χ4v) is 4.20. The number of benzene rings is 2. The predicted molar refractivity (Wildman–Crippen MR) is 82.5 cm³/mol. The Morgan fingerprint density at radius 3 is 2.62 bits per heavy atom. The van der Waals surface area contributed by atoms with Crippen molar-refractivity contribution in [3.63, 3.8) is 0 Å². The molecule has 0 radical (unpaired) electrons. The van der Waals surface area contributed by atoms with Gasteiger partial charge in [-0.2, -0.15) is 4.31 Å². The minimum atomic E-state index is -4.08. The van der Waals surface area contributed by atoms with Crippen LogP contribution in [-0.2, 0) is 23.1 Å². The Hall–Kier alpha value is -2.52. The molecule has 0 amide bonds. The van der Waals surface area contributed by atoms with Crippen LogP contribution in [0.4, 0.5) is 10.1 Å². The molecule has 0 bridgehead atoms. The average molecular weight is 352 g/mol. The lowest BCUT2D eigenvalue weighted by Crippen LogP contribution is -2.26. The van der Waals surface area contributed by atoms with Crippen LogP contribution in [0, 0.1) is 15.9 Å². The summed E-state index contributed by atoms with van der Waals surface area (Å²) in [4.78, 5) is 9.93. The molecular weight excluding hydrogens is 339 g/mol. The molecule has 1 aliphatic heterocycles. The average Bonchev–Trinajstić information content (AvgIpc) is 3.00. The lowest BCUT2D eigenvalue weighted by molar-refractivity contribution is -0.385. The van der Waals surface area contributed by atoms with E-state index in [9.17, 15) is 22.9 Å². The van der Waals surface area contributed by atoms with E-state index in [0.717, 1.165) is 16.4 Å². The number of nitro benzene ring substituents is 1. The summed E-state index contributed by atoms with van der Waals surface area (Å²) in [5.74, 6) is -0.478. The molecule has 0 aromatic heterocycles. The van der Waals surface area contributed by atoms with Gasteiger partial charge in [-0.05, 0) is 17.7 Å². The second-order valence-corrected chi connectivity index (χ2v) is 7.15. The van der Waals surface area contributed by atoms with Crippen LogP contribution in [0.25, 0.3) is 0 Å². The summed E-state index contributed by atoms with van der Waals surface area (Å²) in [6, 6.07) is 7.78. The van der Waals surface area contributed by atoms with Crippen molar-refractivity contribution in [2.24, 2.45) is 0 Å². The van der Waals surface area contributed by atoms with Crippen molar-refractivity contribution in [2.75, 3.05) is 7.11 Å². The van der Waals surface area contributed by atoms with Crippen molar-refractivity contribution in [2.45, 2.75) is 18.0 Å². The Morgan fingerprint density at radius 2 is 2.00 bits per heavy atom. The molecule has 0 atom stereocenters. The SMILES string of the molecule is COc1ccc([N+](=O)[O-])cc1S(=O)(=O)N1Cc2cccc(F)c2C1. The van der Waals surface area contributed by atoms with Crippen molar-refractivity contribution in [1.82, 2.24) is 4.31 Å². The van der Waals surface area contributed by atoms with E-state index in [1.165, 1.54) is 25.3 Å². The van der Waals surface area contributed by atoms with Crippen LogP contribution < -0.4 is 4.74 Å². The van der Waals surface area contributed by atoms with Gasteiger partial charge in [0.2, 0.25) is 10.0 Å². The van der Waals surface area contributed by atoms with Gasteiger partial charge in [0.25, 0.3) is 5.69 Å². The van der Waals surface area contributed by atoms with E-state index in [-0.39, 0.29) is 29.4 Å². The van der Waals surface area contributed by atoms with Gasteiger partial charge in [-0.25, -0.2) is 12.8 Å². The van der Waals surface area contributed by atoms with Gasteiger partial charge in [0.1, 0.15) is 16.5 Å². The molecule has 0 unspecified atom stereocenters. The molecule has 126 valence electrons. The fraction of sp³-hybridized carbons (Fsp3) is 0.200. The number of halogens is 1. The first-order valence-electron chi connectivity index (χ1n) is 6.93. The third-order valence-corrected chi connectivity index (χ3v) is 5.69. The molecule has 1 heterocycles. The van der Waals surface area contributed by atoms with E-state index >= 15 is 0 Å². The predicted octanol–water partition coefficient (Wildman–Crippen LogP) is 2.45. The minimum Gasteiger partial charge on any atom is -0.495 e. The fourth-order valence-electron chi connectivity index (χ4n) is 2.64. The second-order valence-electron chi connectivity index (χ2n) is 5.24. The molecule has 0 fully saturated rings. The van der Waals surface area contributed by atoms with E-state index in [2.05, 4.69) is 0 Å². The number of non-ortho nitro benzene ring substituents is 1. The zero-order valence-corrected chi connectivity index (χ0v) is 13.4. The highest BCUT2D eigenvalue weighted by Crippen LogP contribution is 2.35. The van der Waals surface area contributed by atoms with Crippen molar-refractivity contribution in [3.05, 3.63) is 63.5 Å². The minimum absolute atomic E-state index is 0.00126. The van der Waals surface area contributed by atoms with Crippen molar-refractivity contribution < 1.29 is 22.5 Å². The van der Waals surface area contributed by atoms with E-state index < -0.39 is 20.8 Å². The van der Waals surface area contributed by atoms with Gasteiger partial charge in [-0.3, -0.25) is 10.1 Å². The first-order chi connectivity index (χ1) is 11.3. The molecule has 0 aliphatic carbocycles. The first kappa shape index (κ1) is 16.3. The van der Waals surface area contributed by atoms with Crippen molar-refractivity contribution in [1.29, 1.82) is 0 Å². The highest BCUT2D eigenvalue weighted by molar-refractivity contribution is 7.89. The number of fused-ring (bicyclic) bond motifs is 1. The third-order valence-electron chi connectivity index (χ3n) is 3.87. The number of sulfonamides is 1. The molecule has 0 spiro atoms. The summed E-state index contributed by atoms with van der Waals surface area (Å²) in [5.41, 5.74) is 0.519. The van der Waals surface area contributed by atoms with Crippen LogP contribution in [0.15, 0.2) is 41.3 Å². The summed E-state index contributed by atoms with van der Waals surface area (Å²) >= 11 is 0. The maximum atomic E-state index is 13.8. The van der Waals surface area contributed by atoms with E-state index in [1.54, 1.807) is 6.07 Å². The van der Waals surface area contributed by atoms with Gasteiger partial charge < -0.3 is 4.74 Å². The van der Waals surface area contributed by atoms with E-state index in [1.807, 2.05) is 0 Å². The normalized spacial score (nSPS) is 14.4. The Kier molecular flexibility index (Phi) is 3.98. The van der Waals surface area contributed by atoms with Crippen LogP contribution in [0.1, 0.15) is 11.1 Å². The zero-order valence-electron chi connectivity index (χ0n) is 12.6. The van der Waals surface area contributed by atoms with Crippen LogP contribution in [-0.4, -0.2) is 24.8 Å². The van der Waals surface area contributed by atoms with Crippen molar-refractivity contribution >= 4 is 15.7 Å². The van der Waals surface area contributed by atoms with Crippen LogP contribution in [0.3, 0.4) is 0 Å². The second kappa shape index (κ2) is 5.84. The largest absolute Gasteiger partial charge is 0.495 e. The Bertz CT molecular complexity index is 929. The molecule has 1 aliphatic rings. The number of hydrogen-bond acceptors (Lipinski definition) is 5. The molecule has 2 aromatic rings. The Balaban J connectivity index is 2.05. The molecule has 2 aromatic carbocycles. The number of ether oxygens (including phenoxy) is 1. The first-order valence-corrected chi connectivity index (χ1v) is 8.37. The zero-order chi connectivity index (χ0) is 17.5. The number of methoxy groups -OCH3 is 1. The molecule has 0 saturated heterocycles. The molecular formula is C15H13FN2O5S. The van der Waals surface area contributed by atoms with Crippen LogP contribution >= 0.6 is 0 Å². The summed E-state index contributed by atoms with van der Waals surface area (Å²) < 4.78 is 45.7. The monoisotopic (exact) mass is 352 g/mol. The van der Waals surface area contributed by atoms with E-state index in [0.29, 0.717) is 11.1 Å². The van der Waals surface area contributed by atoms with Gasteiger partial charge in [0.05, 0.1) is 12.0 Å². The smallest absolute Gasteiger partial charge is 0.271 e. The van der Waals surface area contributed by atoms with Gasteiger partial charge in [-0.15, -0.1) is 0 Å². The van der Waals surface area contributed by atoms with Crippen LogP contribution in [0.2, 0.25) is 0 Å². The van der Waals surface area contributed by atoms with Gasteiger partial charge in [0.15, 0.2) is 0 Å². The van der Waals surface area contributed by atoms with Crippen LogP contribution in [0.5, 0.6) is 5.75 Å². The van der Waals surface area contributed by atoms with Gasteiger partial charge >= 0.3 is 0 Å². The highest BCUT2D eigenvalue weighted by Gasteiger charge is 2.34. The number of nitrogens with zero attached hydrogens (tertiary/aromatic N) is 2. The summed E-state index contributed by atoms with van der Waals surface area (Å²) in [6.45, 7) is -0.128. The molecule has 7 nitrogen and oxygen atoms in total. The van der Waals surface area contributed by atoms with Gasteiger partial charge in [-0.1, -0.05) is 12.1 Å². The molecule has 0 saturated carbocycles. The topological polar surface area (TPSA) is 89.7 Å². The maximum Gasteiger partial charge on any atom is 0.271 e. The number of rotatable bonds is 4. The van der Waals surface area contributed by atoms with Gasteiger partial charge in [0, 0.05) is 30.8 Å². The van der Waals surface area contributed by atoms with E-state index in [4.69, 9.17) is 4.74 Å². The molecule has 9 heteroatoms. The lowest BCUT2D eigenvalue weighted by atomic mass is 10.1. The lowest BCUT2D eigenvalue weighted by Gasteiger charge is -2.17. The van der Waals surface area contributed by atoms with Crippen molar-refractivity contribution in [3.8, 4) is 5.75 Å². The summed E-state index contributed by atoms with van der Waals surface area (Å²) in [7, 11) is -2.81. The Labute approximate surface area is 137 Å². The summed E-state index contributed by atoms with van der Waals surface area (Å²) in [5, 5.41) is 10.9. The number of hydrogen-bond donors (Lipinski definition) is 0. The molecule has 24 heavy (non-hydrogen) atoms. The standard InChI is InChI=1S/C15H13FN2O5S/c1-23-14-6-5-11(18(19)20)7-15(14)24(21,22)17-8-10-3-2-4-13(16)12(10)9-17/h2-7H,8-9H2,1H3. The maximum absolute atomic E-state index is 13.8. The molecule has 3 rings (SSSR count). The third kappa shape index (κ3) is 2.61.